The molecule has 6 nitrogen and oxygen atoms in total. The van der Waals surface area contributed by atoms with Crippen LogP contribution in [0.15, 0.2) is 81.7 Å². The number of carbonyl (C=O) groups excluding carboxylic acids is 1. The van der Waals surface area contributed by atoms with Gasteiger partial charge < -0.3 is 10.1 Å². The Labute approximate surface area is 190 Å². The fraction of sp³-hybridized carbons (Fsp3) is 0.0455. The number of methoxy groups -OCH3 is 1. The quantitative estimate of drug-likeness (QED) is 0.360. The van der Waals surface area contributed by atoms with Crippen LogP contribution in [-0.4, -0.2) is 27.8 Å². The largest absolute Gasteiger partial charge is 0.497 e. The van der Waals surface area contributed by atoms with E-state index in [2.05, 4.69) is 47.3 Å². The predicted octanol–water partition coefficient (Wildman–Crippen LogP) is 5.72. The zero-order chi connectivity index (χ0) is 21.1. The van der Waals surface area contributed by atoms with Crippen LogP contribution in [0.3, 0.4) is 0 Å². The van der Waals surface area contributed by atoms with Gasteiger partial charge in [0.25, 0.3) is 5.91 Å². The molecule has 4 aromatic rings. The first-order valence-corrected chi connectivity index (χ1v) is 10.6. The number of hydrogen-bond donors (Lipinski definition) is 1. The highest BCUT2D eigenvalue weighted by Crippen LogP contribution is 2.25. The van der Waals surface area contributed by atoms with Gasteiger partial charge in [-0.15, -0.1) is 5.10 Å². The number of nitrogens with zero attached hydrogens (tertiary/aromatic N) is 3. The van der Waals surface area contributed by atoms with Crippen LogP contribution in [0.25, 0.3) is 17.1 Å². The summed E-state index contributed by atoms with van der Waals surface area (Å²) in [7, 11) is 1.58. The molecule has 0 saturated carbocycles. The highest BCUT2D eigenvalue weighted by atomic mass is 79.9. The Morgan fingerprint density at radius 2 is 1.63 bits per heavy atom. The topological polar surface area (TPSA) is 69.0 Å². The van der Waals surface area contributed by atoms with E-state index in [4.69, 9.17) is 4.74 Å². The van der Waals surface area contributed by atoms with Crippen LogP contribution in [0.1, 0.15) is 10.6 Å². The minimum absolute atomic E-state index is 0.0682. The Hall–Kier alpha value is -2.97. The highest BCUT2D eigenvalue weighted by molar-refractivity contribution is 9.10. The predicted molar refractivity (Wildman–Crippen MR) is 123 cm³/mol. The number of hydrogen-bond acceptors (Lipinski definition) is 4. The normalized spacial score (nSPS) is 10.6. The lowest BCUT2D eigenvalue weighted by Crippen LogP contribution is -2.14. The van der Waals surface area contributed by atoms with Gasteiger partial charge in [0.1, 0.15) is 5.75 Å². The Bertz CT molecular complexity index is 1130. The zero-order valence-corrected chi connectivity index (χ0v) is 19.0. The molecule has 0 spiro atoms. The number of anilines is 1. The first kappa shape index (κ1) is 20.3. The van der Waals surface area contributed by atoms with E-state index in [0.29, 0.717) is 17.3 Å². The third-order valence-electron chi connectivity index (χ3n) is 4.31. The van der Waals surface area contributed by atoms with E-state index < -0.39 is 5.91 Å². The van der Waals surface area contributed by atoms with Gasteiger partial charge in [-0.05, 0) is 48.5 Å². The monoisotopic (exact) mass is 526 g/mol. The van der Waals surface area contributed by atoms with Gasteiger partial charge in [0.05, 0.1) is 12.8 Å². The van der Waals surface area contributed by atoms with Crippen LogP contribution in [0.4, 0.5) is 5.69 Å². The maximum Gasteiger partial charge on any atom is 0.295 e. The molecule has 3 aromatic carbocycles. The lowest BCUT2D eigenvalue weighted by atomic mass is 10.2. The fourth-order valence-electron chi connectivity index (χ4n) is 2.84. The van der Waals surface area contributed by atoms with E-state index in [-0.39, 0.29) is 5.82 Å². The second-order valence-electron chi connectivity index (χ2n) is 6.34. The first-order valence-electron chi connectivity index (χ1n) is 8.98. The summed E-state index contributed by atoms with van der Waals surface area (Å²) < 4.78 is 8.78. The molecule has 1 amide bonds. The third kappa shape index (κ3) is 4.44. The van der Waals surface area contributed by atoms with Crippen molar-refractivity contribution in [1.82, 2.24) is 14.8 Å². The standard InChI is InChI=1S/C22H16Br2N4O2/c1-30-19-4-2-3-17(13-19)25-22(29)20-26-21(14-5-7-15(23)8-6-14)28(27-20)18-11-9-16(24)10-12-18/h2-13H,1H3,(H,25,29). The number of amides is 1. The summed E-state index contributed by atoms with van der Waals surface area (Å²) in [5.74, 6) is 0.883. The Kier molecular flexibility index (Phi) is 5.96. The zero-order valence-electron chi connectivity index (χ0n) is 15.8. The number of halogens is 2. The second-order valence-corrected chi connectivity index (χ2v) is 8.17. The van der Waals surface area contributed by atoms with E-state index in [1.165, 1.54) is 0 Å². The second kappa shape index (κ2) is 8.81. The van der Waals surface area contributed by atoms with Gasteiger partial charge in [-0.25, -0.2) is 9.67 Å². The minimum atomic E-state index is -0.405. The van der Waals surface area contributed by atoms with Crippen LogP contribution in [-0.2, 0) is 0 Å². The summed E-state index contributed by atoms with van der Waals surface area (Å²) in [6.07, 6.45) is 0. The number of carbonyl (C=O) groups is 1. The summed E-state index contributed by atoms with van der Waals surface area (Å²) in [6.45, 7) is 0. The summed E-state index contributed by atoms with van der Waals surface area (Å²) in [6, 6.07) is 22.5. The van der Waals surface area contributed by atoms with Gasteiger partial charge in [0.15, 0.2) is 5.82 Å². The van der Waals surface area contributed by atoms with Crippen molar-refractivity contribution in [2.24, 2.45) is 0 Å². The number of ether oxygens (including phenoxy) is 1. The lowest BCUT2D eigenvalue weighted by molar-refractivity contribution is 0.101. The molecule has 0 aliphatic heterocycles. The molecule has 0 atom stereocenters. The number of aromatic nitrogens is 3. The van der Waals surface area contributed by atoms with Gasteiger partial charge in [-0.1, -0.05) is 50.1 Å². The van der Waals surface area contributed by atoms with Crippen LogP contribution < -0.4 is 10.1 Å². The van der Waals surface area contributed by atoms with Crippen LogP contribution >= 0.6 is 31.9 Å². The van der Waals surface area contributed by atoms with Crippen molar-refractivity contribution >= 4 is 43.5 Å². The number of nitrogens with one attached hydrogen (secondary N) is 1. The maximum absolute atomic E-state index is 12.8. The van der Waals surface area contributed by atoms with Crippen LogP contribution in [0, 0.1) is 0 Å². The van der Waals surface area contributed by atoms with Gasteiger partial charge in [0, 0.05) is 26.3 Å². The molecule has 8 heteroatoms. The van der Waals surface area contributed by atoms with Crippen molar-refractivity contribution in [3.63, 3.8) is 0 Å². The average Bonchev–Trinajstić information content (AvgIpc) is 3.20. The number of benzene rings is 3. The number of rotatable bonds is 5. The molecule has 0 aliphatic carbocycles. The van der Waals surface area contributed by atoms with E-state index in [1.54, 1.807) is 30.0 Å². The molecule has 0 bridgehead atoms. The molecular weight excluding hydrogens is 512 g/mol. The molecule has 0 saturated heterocycles. The first-order chi connectivity index (χ1) is 14.5. The Morgan fingerprint density at radius 3 is 2.30 bits per heavy atom. The summed E-state index contributed by atoms with van der Waals surface area (Å²) in [5.41, 5.74) is 2.24. The lowest BCUT2D eigenvalue weighted by Gasteiger charge is -2.06. The molecule has 1 heterocycles. The third-order valence-corrected chi connectivity index (χ3v) is 5.37. The molecule has 30 heavy (non-hydrogen) atoms. The minimum Gasteiger partial charge on any atom is -0.497 e. The molecule has 0 unspecified atom stereocenters. The molecule has 0 fully saturated rings. The average molecular weight is 528 g/mol. The Balaban J connectivity index is 1.73. The summed E-state index contributed by atoms with van der Waals surface area (Å²) >= 11 is 6.89. The maximum atomic E-state index is 12.8. The van der Waals surface area contributed by atoms with Crippen molar-refractivity contribution < 1.29 is 9.53 Å². The molecular formula is C22H16Br2N4O2. The fourth-order valence-corrected chi connectivity index (χ4v) is 3.37. The van der Waals surface area contributed by atoms with Gasteiger partial charge in [-0.3, -0.25) is 4.79 Å². The summed E-state index contributed by atoms with van der Waals surface area (Å²) in [5, 5.41) is 7.31. The molecule has 150 valence electrons. The van der Waals surface area contributed by atoms with Crippen molar-refractivity contribution in [2.75, 3.05) is 12.4 Å². The van der Waals surface area contributed by atoms with Crippen LogP contribution in [0.5, 0.6) is 5.75 Å². The molecule has 0 radical (unpaired) electrons. The van der Waals surface area contributed by atoms with Crippen molar-refractivity contribution in [1.29, 1.82) is 0 Å². The van der Waals surface area contributed by atoms with Gasteiger partial charge in [-0.2, -0.15) is 0 Å². The van der Waals surface area contributed by atoms with Gasteiger partial charge >= 0.3 is 0 Å². The van der Waals surface area contributed by atoms with E-state index in [0.717, 1.165) is 20.2 Å². The van der Waals surface area contributed by atoms with Crippen molar-refractivity contribution in [3.05, 3.63) is 87.6 Å². The van der Waals surface area contributed by atoms with E-state index in [9.17, 15) is 4.79 Å². The SMILES string of the molecule is COc1cccc(NC(=O)c2nc(-c3ccc(Br)cc3)n(-c3ccc(Br)cc3)n2)c1. The summed E-state index contributed by atoms with van der Waals surface area (Å²) in [4.78, 5) is 17.4. The van der Waals surface area contributed by atoms with Crippen LogP contribution in [0.2, 0.25) is 0 Å². The molecule has 0 aliphatic rings. The Morgan fingerprint density at radius 1 is 0.967 bits per heavy atom. The van der Waals surface area contributed by atoms with Crippen molar-refractivity contribution in [2.45, 2.75) is 0 Å². The molecule has 1 N–H and O–H groups in total. The highest BCUT2D eigenvalue weighted by Gasteiger charge is 2.19. The van der Waals surface area contributed by atoms with Crippen molar-refractivity contribution in [3.8, 4) is 22.8 Å². The van der Waals surface area contributed by atoms with Gasteiger partial charge in [0.2, 0.25) is 5.82 Å². The smallest absolute Gasteiger partial charge is 0.295 e. The van der Waals surface area contributed by atoms with E-state index in [1.807, 2.05) is 54.6 Å². The van der Waals surface area contributed by atoms with E-state index >= 15 is 0 Å². The molecule has 4 rings (SSSR count). The molecule has 1 aromatic heterocycles.